The van der Waals surface area contributed by atoms with Crippen molar-refractivity contribution in [2.75, 3.05) is 111 Å². The van der Waals surface area contributed by atoms with Gasteiger partial charge in [0.25, 0.3) is 0 Å². The number of nitrogen functional groups attached to an aromatic ring is 1. The first-order chi connectivity index (χ1) is 41.3. The van der Waals surface area contributed by atoms with Gasteiger partial charge >= 0.3 is 36.1 Å². The maximum absolute atomic E-state index is 12.1. The molecule has 26 heteroatoms. The van der Waals surface area contributed by atoms with E-state index in [-0.39, 0.29) is 82.9 Å². The fourth-order valence-corrected chi connectivity index (χ4v) is 6.53. The van der Waals surface area contributed by atoms with Crippen molar-refractivity contribution in [3.05, 3.63) is 160 Å². The van der Waals surface area contributed by atoms with Gasteiger partial charge in [-0.05, 0) is 86.5 Å². The second-order valence-electron chi connectivity index (χ2n) is 17.4. The maximum atomic E-state index is 12.1. The van der Waals surface area contributed by atoms with Crippen molar-refractivity contribution in [2.24, 2.45) is 10.7 Å². The number of urea groups is 1. The van der Waals surface area contributed by atoms with Crippen LogP contribution in [0.5, 0.6) is 0 Å². The van der Waals surface area contributed by atoms with Gasteiger partial charge in [-0.25, -0.2) is 33.6 Å². The normalized spacial score (nSPS) is 9.94. The number of nitrogens with zero attached hydrogens (tertiary/aromatic N) is 1. The Bertz CT molecular complexity index is 2990. The summed E-state index contributed by atoms with van der Waals surface area (Å²) in [7, 11) is 3.74. The van der Waals surface area contributed by atoms with E-state index in [9.17, 15) is 47.9 Å². The number of aliphatic imine (C=N–C) groups is 1. The molecule has 5 aromatic carbocycles. The molecule has 0 fully saturated rings. The van der Waals surface area contributed by atoms with E-state index in [1.165, 1.54) is 103 Å². The molecule has 462 valence electrons. The molecule has 0 radical (unpaired) electrons. The van der Waals surface area contributed by atoms with Gasteiger partial charge < -0.3 is 75.4 Å². The number of alkyl carbamates (subject to hydrolysis) is 2. The topological polar surface area (TPSA) is 366 Å². The number of ether oxygens (including phenoxy) is 9. The molecule has 0 spiro atoms. The maximum Gasteiger partial charge on any atom is 0.407 e. The number of esters is 3. The molecule has 0 aliphatic heterocycles. The number of amides is 4. The van der Waals surface area contributed by atoms with Gasteiger partial charge in [-0.15, -0.1) is 0 Å². The largest absolute Gasteiger partial charge is 0.465 e. The lowest BCUT2D eigenvalue weighted by Crippen LogP contribution is -2.32. The molecule has 4 amide bonds. The highest BCUT2D eigenvalue weighted by atomic mass is 16.6. The fraction of sp³-hybridized carbons (Fsp3) is 0.333. The Morgan fingerprint density at radius 3 is 1.24 bits per heavy atom. The molecule has 0 saturated carbocycles. The number of isocyanates is 1. The average molecular weight is 1200 g/mol. The summed E-state index contributed by atoms with van der Waals surface area (Å²) in [5.74, 6) is -2.32. The first-order valence-corrected chi connectivity index (χ1v) is 26.4. The Hall–Kier alpha value is -9.69. The van der Waals surface area contributed by atoms with Gasteiger partial charge in [0.2, 0.25) is 6.08 Å². The Balaban J connectivity index is 0.000000425. The molecule has 0 aliphatic carbocycles. The van der Waals surface area contributed by atoms with Crippen LogP contribution in [0.2, 0.25) is 0 Å². The number of ketones is 3. The highest BCUT2D eigenvalue weighted by molar-refractivity contribution is 6.02. The van der Waals surface area contributed by atoms with Gasteiger partial charge in [0.15, 0.2) is 17.3 Å². The summed E-state index contributed by atoms with van der Waals surface area (Å²) >= 11 is 0. The van der Waals surface area contributed by atoms with Crippen molar-refractivity contribution in [3.63, 3.8) is 0 Å². The Labute approximate surface area is 497 Å². The molecule has 0 saturated heterocycles. The van der Waals surface area contributed by atoms with Gasteiger partial charge in [-0.2, -0.15) is 4.99 Å². The van der Waals surface area contributed by atoms with Crippen molar-refractivity contribution in [1.82, 2.24) is 16.0 Å². The third kappa shape index (κ3) is 31.7. The smallest absolute Gasteiger partial charge is 0.407 e. The number of Topliss-reactive ketones (excluding diaryl/α,β-unsaturated/α-hetero) is 3. The van der Waals surface area contributed by atoms with Crippen LogP contribution in [0, 0.1) is 0 Å². The van der Waals surface area contributed by atoms with Crippen LogP contribution in [0.15, 0.2) is 120 Å². The van der Waals surface area contributed by atoms with Gasteiger partial charge in [-0.1, -0.05) is 60.7 Å². The van der Waals surface area contributed by atoms with Crippen LogP contribution in [0.4, 0.5) is 31.4 Å². The van der Waals surface area contributed by atoms with Gasteiger partial charge in [-0.3, -0.25) is 14.4 Å². The summed E-state index contributed by atoms with van der Waals surface area (Å²) in [6.07, 6.45) is 0.382. The number of nitrogens with one attached hydrogen (secondary N) is 4. The molecule has 5 aromatic rings. The summed E-state index contributed by atoms with van der Waals surface area (Å²) in [4.78, 5) is 117. The van der Waals surface area contributed by atoms with Crippen molar-refractivity contribution >= 4 is 76.6 Å². The summed E-state index contributed by atoms with van der Waals surface area (Å²) in [5, 5.41) is 10.4. The number of rotatable bonds is 29. The molecule has 0 bridgehead atoms. The Kier molecular flexibility index (Phi) is 36.2. The van der Waals surface area contributed by atoms with E-state index in [1.807, 2.05) is 60.7 Å². The number of methoxy groups -OCH3 is 3. The number of nitrogens with two attached hydrogens (primary N) is 2. The summed E-state index contributed by atoms with van der Waals surface area (Å²) in [5.41, 5.74) is 15.1. The zero-order valence-corrected chi connectivity index (χ0v) is 48.7. The van der Waals surface area contributed by atoms with Crippen molar-refractivity contribution < 1.29 is 90.6 Å². The van der Waals surface area contributed by atoms with Crippen LogP contribution in [-0.2, 0) is 60.6 Å². The number of benzene rings is 5. The van der Waals surface area contributed by atoms with Crippen LogP contribution in [0.3, 0.4) is 0 Å². The number of hydrogen-bond donors (Lipinski definition) is 6. The van der Waals surface area contributed by atoms with E-state index < -0.39 is 36.1 Å². The molecule has 0 aliphatic rings. The van der Waals surface area contributed by atoms with Gasteiger partial charge in [0.1, 0.15) is 13.2 Å². The van der Waals surface area contributed by atoms with Crippen molar-refractivity contribution in [3.8, 4) is 0 Å². The molecule has 86 heavy (non-hydrogen) atoms. The lowest BCUT2D eigenvalue weighted by atomic mass is 10.1. The quantitative estimate of drug-likeness (QED) is 0.00561. The molecule has 26 nitrogen and oxygen atoms in total. The van der Waals surface area contributed by atoms with E-state index in [0.29, 0.717) is 77.1 Å². The highest BCUT2D eigenvalue weighted by Crippen LogP contribution is 2.20. The second kappa shape index (κ2) is 43.0. The highest BCUT2D eigenvalue weighted by Gasteiger charge is 2.14. The van der Waals surface area contributed by atoms with E-state index in [2.05, 4.69) is 40.5 Å². The lowest BCUT2D eigenvalue weighted by molar-refractivity contribution is 0.0498. The zero-order chi connectivity index (χ0) is 63.5. The Morgan fingerprint density at radius 2 is 0.826 bits per heavy atom. The van der Waals surface area contributed by atoms with Crippen molar-refractivity contribution in [2.45, 2.75) is 34.0 Å². The number of hydrogen-bond acceptors (Lipinski definition) is 22. The third-order valence-corrected chi connectivity index (χ3v) is 10.7. The molecule has 0 unspecified atom stereocenters. The van der Waals surface area contributed by atoms with E-state index in [1.54, 1.807) is 0 Å². The number of carbonyl (C=O) groups excluding carboxylic acids is 10. The van der Waals surface area contributed by atoms with Crippen LogP contribution in [0.1, 0.15) is 94.0 Å². The summed E-state index contributed by atoms with van der Waals surface area (Å²) < 4.78 is 45.0. The number of anilines is 2. The van der Waals surface area contributed by atoms with E-state index in [4.69, 9.17) is 39.9 Å². The molecule has 0 aromatic heterocycles. The minimum absolute atomic E-state index is 0.137. The molecule has 5 rings (SSSR count). The molecule has 0 atom stereocenters. The molecular formula is C60H73N7O19. The minimum Gasteiger partial charge on any atom is -0.465 e. The van der Waals surface area contributed by atoms with Crippen LogP contribution >= 0.6 is 0 Å². The Morgan fingerprint density at radius 1 is 0.465 bits per heavy atom. The molecular weight excluding hydrogens is 1120 g/mol. The standard InChI is InChI=1S/C25H31N3O8.C14H22N2O4.C11H9NO4.C10H11NO3/c1-18(29)20-14-21(23(30)33-2)16-22(15-20)28-24(31)26-8-10-34-12-13-35-11-9-27-25(32)36-17-19-6-4-3-5-7-19;15-6-8-18-10-11-19-9-7-16-14(17)20-12-13-4-2-1-3-5-13;1-7(14)8-3-9(11(15)16-2)5-10(4-8)12-6-13;1-6(12)7-3-8(10(13)14-2)5-9(11)4-7/h3-7,14-16H,8-13,17H2,1-2H3,(H,27,32)(H2,26,28,31);1-5H,6-12,15H2,(H,16,17);3-5H,1-2H3;3-5H,11H2,1-2H3. The number of carbonyl (C=O) groups is 9. The van der Waals surface area contributed by atoms with Crippen molar-refractivity contribution in [1.29, 1.82) is 0 Å². The van der Waals surface area contributed by atoms with Gasteiger partial charge in [0, 0.05) is 54.2 Å². The van der Waals surface area contributed by atoms with Crippen LogP contribution in [0.25, 0.3) is 0 Å². The van der Waals surface area contributed by atoms with Crippen LogP contribution < -0.4 is 32.7 Å². The first-order valence-electron chi connectivity index (χ1n) is 26.4. The zero-order valence-electron chi connectivity index (χ0n) is 48.7. The fourth-order valence-electron chi connectivity index (χ4n) is 6.53. The predicted octanol–water partition coefficient (Wildman–Crippen LogP) is 6.56. The monoisotopic (exact) mass is 1200 g/mol. The van der Waals surface area contributed by atoms with E-state index in [0.717, 1.165) is 11.1 Å². The predicted molar refractivity (Wildman–Crippen MR) is 314 cm³/mol. The van der Waals surface area contributed by atoms with E-state index >= 15 is 0 Å². The summed E-state index contributed by atoms with van der Waals surface area (Å²) in [6.45, 7) is 9.18. The third-order valence-electron chi connectivity index (χ3n) is 10.7. The molecule has 8 N–H and O–H groups in total. The SMILES string of the molecule is COC(=O)c1cc(N)cc(C(C)=O)c1.COC(=O)c1cc(N=C=O)cc(C(C)=O)c1.COC(=O)c1cc(NC(=O)NCCOCCOCCNC(=O)OCc2ccccc2)cc(C(C)=O)c1.NCCOCCOCCNC(=O)OCc1ccccc1. The van der Waals surface area contributed by atoms with Gasteiger partial charge in [0.05, 0.1) is 96.6 Å². The minimum atomic E-state index is -0.615. The first kappa shape index (κ1) is 72.4. The second-order valence-corrected chi connectivity index (χ2v) is 17.4. The average Bonchev–Trinajstić information content (AvgIpc) is 3.68. The molecule has 0 heterocycles. The lowest BCUT2D eigenvalue weighted by Gasteiger charge is -2.11. The van der Waals surface area contributed by atoms with Crippen LogP contribution in [-0.4, -0.2) is 160 Å². The summed E-state index contributed by atoms with van der Waals surface area (Å²) in [6, 6.07) is 31.3.